The Balaban J connectivity index is 4.56. The summed E-state index contributed by atoms with van der Waals surface area (Å²) in [5, 5.41) is 10.4. The first-order valence-electron chi connectivity index (χ1n) is 5.16. The van der Waals surface area contributed by atoms with Gasteiger partial charge in [0.2, 0.25) is 0 Å². The molecule has 0 aliphatic rings. The maximum Gasteiger partial charge on any atom is 0.408 e. The monoisotopic (exact) mass is 195 g/mol. The van der Waals surface area contributed by atoms with Gasteiger partial charge < -0.3 is 15.2 Å². The fraction of sp³-hybridized carbons (Fsp3) is 0.750. The minimum Gasteiger partial charge on any atom is -0.480 e. The summed E-state index contributed by atoms with van der Waals surface area (Å²) < 4.78 is 25.5. The topological polar surface area (TPSA) is 75.6 Å². The molecule has 2 N–H and O–H groups in total. The third-order valence-electron chi connectivity index (χ3n) is 0.908. The molecule has 5 nitrogen and oxygen atoms in total. The van der Waals surface area contributed by atoms with Gasteiger partial charge in [-0.15, -0.1) is 0 Å². The lowest BCUT2D eigenvalue weighted by atomic mass is 10.2. The van der Waals surface area contributed by atoms with Crippen LogP contribution in [-0.4, -0.2) is 28.8 Å². The lowest BCUT2D eigenvalue weighted by Gasteiger charge is -2.20. The van der Waals surface area contributed by atoms with Gasteiger partial charge in [0.15, 0.2) is 0 Å². The highest BCUT2D eigenvalue weighted by atomic mass is 16.6. The van der Waals surface area contributed by atoms with E-state index in [0.29, 0.717) is 0 Å². The van der Waals surface area contributed by atoms with E-state index in [4.69, 9.17) is 14.0 Å². The van der Waals surface area contributed by atoms with Crippen molar-refractivity contribution in [2.45, 2.75) is 39.3 Å². The van der Waals surface area contributed by atoms with Crippen molar-refractivity contribution in [3.8, 4) is 0 Å². The predicted octanol–water partition coefficient (Wildman–Crippen LogP) is 0.984. The largest absolute Gasteiger partial charge is 0.480 e. The van der Waals surface area contributed by atoms with Crippen molar-refractivity contribution >= 4 is 12.1 Å². The number of carbonyl (C=O) groups excluding carboxylic acids is 1. The fourth-order valence-electron chi connectivity index (χ4n) is 0.487. The van der Waals surface area contributed by atoms with Gasteiger partial charge in [-0.25, -0.2) is 4.79 Å². The standard InChI is InChI=1S/C8H15NO4/c1-5(6(10)11)9-7(12)13-8(2,3)4/h5H,1-4H3,(H,9,12)(H,10,11)/t5-/m0/s1/i1D3,5+1,6+1,9+1. The summed E-state index contributed by atoms with van der Waals surface area (Å²) in [4.78, 5) is 21.8. The van der Waals surface area contributed by atoms with Crippen molar-refractivity contribution in [2.75, 3.05) is 0 Å². The molecule has 0 heterocycles. The van der Waals surface area contributed by atoms with Crippen LogP contribution in [0.4, 0.5) is 4.79 Å². The second-order valence-electron chi connectivity index (χ2n) is 3.42. The van der Waals surface area contributed by atoms with Crippen LogP contribution in [0.2, 0.25) is 0 Å². The Hall–Kier alpha value is -1.26. The summed E-state index contributed by atoms with van der Waals surface area (Å²) in [6.45, 7) is 1.93. The first kappa shape index (κ1) is 7.17. The van der Waals surface area contributed by atoms with Gasteiger partial charge in [0.05, 0.1) is 0 Å². The number of alkyl carbamates (subject to hydrolysis) is 1. The number of carbonyl (C=O) groups is 2. The van der Waals surface area contributed by atoms with E-state index in [9.17, 15) is 9.59 Å². The molecule has 0 fully saturated rings. The van der Waals surface area contributed by atoms with Crippen LogP contribution in [0.5, 0.6) is 0 Å². The zero-order chi connectivity index (χ0) is 13.1. The van der Waals surface area contributed by atoms with Crippen LogP contribution < -0.4 is 5.32 Å². The normalized spacial score (nSPS) is 17.6. The number of rotatable bonds is 2. The molecule has 1 atom stereocenters. The van der Waals surface area contributed by atoms with Crippen LogP contribution >= 0.6 is 0 Å². The lowest BCUT2D eigenvalue weighted by Crippen LogP contribution is -2.41. The van der Waals surface area contributed by atoms with Crippen molar-refractivity contribution in [2.24, 2.45) is 0 Å². The summed E-state index contributed by atoms with van der Waals surface area (Å²) in [5.74, 6) is -1.63. The van der Waals surface area contributed by atoms with E-state index in [1.807, 2.05) is 0 Å². The van der Waals surface area contributed by atoms with E-state index in [0.717, 1.165) is 0 Å². The van der Waals surface area contributed by atoms with Crippen molar-refractivity contribution in [3.05, 3.63) is 0 Å². The molecule has 0 rings (SSSR count). The van der Waals surface area contributed by atoms with Crippen LogP contribution in [0.3, 0.4) is 0 Å². The fourth-order valence-corrected chi connectivity index (χ4v) is 0.487. The number of nitrogens with one attached hydrogen (secondary N) is 1. The molecule has 0 aliphatic carbocycles. The molecule has 0 unspecified atom stereocenters. The Kier molecular flexibility index (Phi) is 2.27. The minimum absolute atomic E-state index is 0.818. The molecule has 0 spiro atoms. The van der Waals surface area contributed by atoms with Gasteiger partial charge in [0, 0.05) is 4.11 Å². The molecule has 0 aromatic carbocycles. The highest BCUT2D eigenvalue weighted by Gasteiger charge is 2.20. The number of aliphatic carboxylic acids is 1. The third-order valence-corrected chi connectivity index (χ3v) is 0.908. The molecular weight excluding hydrogens is 177 g/mol. The van der Waals surface area contributed by atoms with E-state index in [2.05, 4.69) is 0 Å². The van der Waals surface area contributed by atoms with Gasteiger partial charge in [0.1, 0.15) is 11.6 Å². The molecule has 0 saturated heterocycles. The molecule has 0 radical (unpaired) electrons. The van der Waals surface area contributed by atoms with Crippen LogP contribution in [0.25, 0.3) is 0 Å². The number of hydrogen-bond acceptors (Lipinski definition) is 3. The average molecular weight is 195 g/mol. The maximum absolute atomic E-state index is 11.2. The number of hydrogen-bond donors (Lipinski definition) is 2. The lowest BCUT2D eigenvalue weighted by molar-refractivity contribution is -0.139. The van der Waals surface area contributed by atoms with Gasteiger partial charge in [-0.05, 0) is 27.6 Å². The van der Waals surface area contributed by atoms with Gasteiger partial charge in [-0.2, -0.15) is 0 Å². The molecule has 0 aromatic heterocycles. The van der Waals surface area contributed by atoms with Gasteiger partial charge in [-0.3, -0.25) is 4.79 Å². The van der Waals surface area contributed by atoms with Gasteiger partial charge in [-0.1, -0.05) is 0 Å². The van der Waals surface area contributed by atoms with E-state index >= 15 is 0 Å². The summed E-state index contributed by atoms with van der Waals surface area (Å²) >= 11 is 0. The van der Waals surface area contributed by atoms with E-state index < -0.39 is 30.6 Å². The summed E-state index contributed by atoms with van der Waals surface area (Å²) in [7, 11) is 0. The zero-order valence-electron chi connectivity index (χ0n) is 10.7. The molecule has 0 saturated carbocycles. The SMILES string of the molecule is [2H]C([2H])([2H])[13C@H]([15NH]C(=O)OC(C)(C)C)[13C](=O)O. The Bertz CT molecular complexity index is 282. The Morgan fingerprint density at radius 1 is 1.54 bits per heavy atom. The molecule has 13 heavy (non-hydrogen) atoms. The van der Waals surface area contributed by atoms with Crippen molar-refractivity contribution < 1.29 is 23.5 Å². The van der Waals surface area contributed by atoms with Gasteiger partial charge >= 0.3 is 12.1 Å². The predicted molar refractivity (Wildman–Crippen MR) is 46.5 cm³/mol. The molecule has 1 amide bonds. The van der Waals surface area contributed by atoms with Crippen LogP contribution in [-0.2, 0) is 9.53 Å². The molecule has 0 bridgehead atoms. The van der Waals surface area contributed by atoms with Crippen molar-refractivity contribution in [3.63, 3.8) is 0 Å². The van der Waals surface area contributed by atoms with Crippen LogP contribution in [0.15, 0.2) is 0 Å². The highest BCUT2D eigenvalue weighted by molar-refractivity contribution is 5.79. The molecule has 5 heteroatoms. The molecule has 76 valence electrons. The number of carboxylic acid groups (broad SMARTS) is 1. The van der Waals surface area contributed by atoms with Crippen LogP contribution in [0, 0.1) is 0 Å². The smallest absolute Gasteiger partial charge is 0.408 e. The van der Waals surface area contributed by atoms with E-state index in [1.165, 1.54) is 0 Å². The highest BCUT2D eigenvalue weighted by Crippen LogP contribution is 2.06. The van der Waals surface area contributed by atoms with Gasteiger partial charge in [0.25, 0.3) is 0 Å². The Labute approximate surface area is 81.3 Å². The zero-order valence-corrected chi connectivity index (χ0v) is 7.75. The maximum atomic E-state index is 11.2. The first-order valence-corrected chi connectivity index (χ1v) is 3.66. The summed E-state index contributed by atoms with van der Waals surface area (Å²) in [6, 6.07) is -1.97. The second-order valence-corrected chi connectivity index (χ2v) is 3.42. The number of carboxylic acids is 1. The van der Waals surface area contributed by atoms with Crippen molar-refractivity contribution in [1.29, 1.82) is 0 Å². The number of amides is 1. The quantitative estimate of drug-likeness (QED) is 0.508. The molecular formula is C8H15NO4. The first-order chi connectivity index (χ1) is 6.93. The third kappa shape index (κ3) is 5.95. The second kappa shape index (κ2) is 4.11. The number of ether oxygens (including phenoxy) is 1. The molecule has 0 aliphatic heterocycles. The Morgan fingerprint density at radius 2 is 2.08 bits per heavy atom. The van der Waals surface area contributed by atoms with E-state index in [1.54, 1.807) is 26.1 Å². The van der Waals surface area contributed by atoms with E-state index in [-0.39, 0.29) is 0 Å². The Morgan fingerprint density at radius 3 is 2.38 bits per heavy atom. The molecule has 0 aromatic rings. The summed E-state index contributed by atoms with van der Waals surface area (Å²) in [5.41, 5.74) is -0.818. The van der Waals surface area contributed by atoms with Crippen molar-refractivity contribution in [1.82, 2.24) is 5.32 Å². The van der Waals surface area contributed by atoms with Crippen LogP contribution in [0.1, 0.15) is 31.7 Å². The summed E-state index contributed by atoms with van der Waals surface area (Å²) in [6.07, 6.45) is -1.07. The minimum atomic E-state index is -2.82. The average Bonchev–Trinajstić information content (AvgIpc) is 1.93.